The first-order valence-corrected chi connectivity index (χ1v) is 13.1. The normalized spacial score (nSPS) is 26.2. The van der Waals surface area contributed by atoms with Crippen LogP contribution in [0.25, 0.3) is 0 Å². The standard InChI is InChI=1S/C20H29N5O3S2/c1-24-9-11-25(12-10-24)8-2-7-21-19(26)15-3-5-16(6-4-15)22-20-23-17-13-30(27,28)14-18(17)29-20/h3-6,17-18H,2,7-14H2,1H3,(H,21,26)(H,22,23)/t17-,18-/m0/s1. The molecule has 3 aliphatic rings. The van der Waals surface area contributed by atoms with Gasteiger partial charge in [0, 0.05) is 49.2 Å². The van der Waals surface area contributed by atoms with Crippen molar-refractivity contribution in [3.63, 3.8) is 0 Å². The van der Waals surface area contributed by atoms with E-state index in [1.807, 2.05) is 12.1 Å². The summed E-state index contributed by atoms with van der Waals surface area (Å²) >= 11 is 1.49. The predicted octanol–water partition coefficient (Wildman–Crippen LogP) is 0.734. The number of amides is 1. The monoisotopic (exact) mass is 451 g/mol. The molecule has 0 spiro atoms. The Balaban J connectivity index is 1.19. The molecular weight excluding hydrogens is 422 g/mol. The minimum absolute atomic E-state index is 0.0217. The fraction of sp³-hybridized carbons (Fsp3) is 0.600. The Kier molecular flexibility index (Phi) is 6.66. The highest BCUT2D eigenvalue weighted by Crippen LogP contribution is 2.34. The number of sulfone groups is 1. The lowest BCUT2D eigenvalue weighted by molar-refractivity contribution is 0.0949. The van der Waals surface area contributed by atoms with Gasteiger partial charge in [-0.15, -0.1) is 0 Å². The number of likely N-dealkylation sites (N-methyl/N-ethyl adjacent to an activating group) is 1. The molecule has 0 bridgehead atoms. The van der Waals surface area contributed by atoms with Crippen molar-refractivity contribution in [1.82, 2.24) is 15.1 Å². The number of carbonyl (C=O) groups is 1. The highest BCUT2D eigenvalue weighted by Gasteiger charge is 2.42. The summed E-state index contributed by atoms with van der Waals surface area (Å²) in [4.78, 5) is 21.6. The zero-order chi connectivity index (χ0) is 21.1. The van der Waals surface area contributed by atoms with Crippen LogP contribution in [0.4, 0.5) is 5.69 Å². The lowest BCUT2D eigenvalue weighted by Gasteiger charge is -2.32. The van der Waals surface area contributed by atoms with Crippen molar-refractivity contribution >= 4 is 38.4 Å². The summed E-state index contributed by atoms with van der Waals surface area (Å²) in [6, 6.07) is 7.16. The molecule has 1 aromatic carbocycles. The highest BCUT2D eigenvalue weighted by atomic mass is 32.2. The van der Waals surface area contributed by atoms with Gasteiger partial charge in [-0.1, -0.05) is 11.8 Å². The summed E-state index contributed by atoms with van der Waals surface area (Å²) in [6.45, 7) is 6.10. The Hall–Kier alpha value is -1.62. The predicted molar refractivity (Wildman–Crippen MR) is 122 cm³/mol. The SMILES string of the molecule is CN1CCN(CCCNC(=O)c2ccc(NC3=N[C@H]4CS(=O)(=O)C[C@@H]4S3)cc2)CC1. The molecule has 30 heavy (non-hydrogen) atoms. The van der Waals surface area contributed by atoms with Gasteiger partial charge in [0.1, 0.15) is 0 Å². The summed E-state index contributed by atoms with van der Waals surface area (Å²) in [6.07, 6.45) is 0.949. The fourth-order valence-electron chi connectivity index (χ4n) is 3.92. The molecule has 3 heterocycles. The first-order chi connectivity index (χ1) is 14.4. The zero-order valence-electron chi connectivity index (χ0n) is 17.2. The molecule has 4 rings (SSSR count). The largest absolute Gasteiger partial charge is 0.352 e. The third kappa shape index (κ3) is 5.54. The maximum absolute atomic E-state index is 12.4. The minimum Gasteiger partial charge on any atom is -0.352 e. The molecule has 0 aliphatic carbocycles. The molecule has 2 N–H and O–H groups in total. The number of rotatable bonds is 6. The van der Waals surface area contributed by atoms with Gasteiger partial charge in [0.05, 0.1) is 17.5 Å². The Morgan fingerprint density at radius 1 is 1.17 bits per heavy atom. The highest BCUT2D eigenvalue weighted by molar-refractivity contribution is 8.15. The fourth-order valence-corrected chi connectivity index (χ4v) is 7.60. The molecule has 0 unspecified atom stereocenters. The molecule has 164 valence electrons. The number of carbonyl (C=O) groups excluding carboxylic acids is 1. The van der Waals surface area contributed by atoms with Crippen LogP contribution in [0.5, 0.6) is 0 Å². The quantitative estimate of drug-likeness (QED) is 0.616. The van der Waals surface area contributed by atoms with Gasteiger partial charge >= 0.3 is 0 Å². The van der Waals surface area contributed by atoms with E-state index in [1.165, 1.54) is 11.8 Å². The molecule has 8 nitrogen and oxygen atoms in total. The van der Waals surface area contributed by atoms with Gasteiger partial charge in [0.25, 0.3) is 5.91 Å². The van der Waals surface area contributed by atoms with Crippen LogP contribution in [0.3, 0.4) is 0 Å². The van der Waals surface area contributed by atoms with Gasteiger partial charge in [0.2, 0.25) is 0 Å². The van der Waals surface area contributed by atoms with E-state index in [9.17, 15) is 13.2 Å². The van der Waals surface area contributed by atoms with Crippen molar-refractivity contribution in [3.05, 3.63) is 29.8 Å². The van der Waals surface area contributed by atoms with Crippen LogP contribution >= 0.6 is 11.8 Å². The van der Waals surface area contributed by atoms with E-state index in [0.717, 1.165) is 50.0 Å². The molecule has 0 radical (unpaired) electrons. The average molecular weight is 452 g/mol. The third-order valence-electron chi connectivity index (χ3n) is 5.75. The van der Waals surface area contributed by atoms with Gasteiger partial charge in [-0.3, -0.25) is 9.79 Å². The van der Waals surface area contributed by atoms with Crippen molar-refractivity contribution < 1.29 is 13.2 Å². The summed E-state index contributed by atoms with van der Waals surface area (Å²) < 4.78 is 23.3. The number of benzene rings is 1. The lowest BCUT2D eigenvalue weighted by Crippen LogP contribution is -2.45. The van der Waals surface area contributed by atoms with Crippen molar-refractivity contribution in [2.45, 2.75) is 17.7 Å². The second kappa shape index (κ2) is 9.25. The summed E-state index contributed by atoms with van der Waals surface area (Å²) in [5, 5.41) is 7.00. The number of thioether (sulfide) groups is 1. The van der Waals surface area contributed by atoms with E-state index in [2.05, 4.69) is 32.5 Å². The Bertz CT molecular complexity index is 896. The van der Waals surface area contributed by atoms with E-state index in [0.29, 0.717) is 12.1 Å². The third-order valence-corrected chi connectivity index (χ3v) is 8.89. The lowest BCUT2D eigenvalue weighted by atomic mass is 10.2. The Labute approximate surface area is 182 Å². The summed E-state index contributed by atoms with van der Waals surface area (Å²) in [7, 11) is -0.791. The Morgan fingerprint density at radius 3 is 2.60 bits per heavy atom. The summed E-state index contributed by atoms with van der Waals surface area (Å²) in [5.74, 6) is 0.279. The average Bonchev–Trinajstić information content (AvgIpc) is 3.19. The second-order valence-electron chi connectivity index (χ2n) is 8.19. The molecule has 2 saturated heterocycles. The molecule has 3 aliphatic heterocycles. The van der Waals surface area contributed by atoms with Crippen LogP contribution < -0.4 is 10.6 Å². The number of anilines is 1. The molecule has 2 fully saturated rings. The number of hydrogen-bond acceptors (Lipinski definition) is 8. The van der Waals surface area contributed by atoms with Gasteiger partial charge in [0.15, 0.2) is 15.0 Å². The number of nitrogens with one attached hydrogen (secondary N) is 2. The molecule has 0 aromatic heterocycles. The number of amidine groups is 1. The minimum atomic E-state index is -2.94. The first kappa shape index (κ1) is 21.6. The van der Waals surface area contributed by atoms with Crippen LogP contribution in [-0.2, 0) is 9.84 Å². The van der Waals surface area contributed by atoms with Gasteiger partial charge in [-0.2, -0.15) is 0 Å². The molecule has 10 heteroatoms. The zero-order valence-corrected chi connectivity index (χ0v) is 18.8. The van der Waals surface area contributed by atoms with Crippen molar-refractivity contribution in [3.8, 4) is 0 Å². The maximum Gasteiger partial charge on any atom is 0.251 e. The van der Waals surface area contributed by atoms with Crippen molar-refractivity contribution in [2.75, 3.05) is 63.1 Å². The molecule has 2 atom stereocenters. The Morgan fingerprint density at radius 2 is 1.90 bits per heavy atom. The van der Waals surface area contributed by atoms with Crippen molar-refractivity contribution in [1.29, 1.82) is 0 Å². The number of hydrogen-bond donors (Lipinski definition) is 2. The van der Waals surface area contributed by atoms with Crippen LogP contribution in [0.15, 0.2) is 29.3 Å². The molecule has 1 amide bonds. The number of piperazine rings is 1. The van der Waals surface area contributed by atoms with Crippen LogP contribution in [-0.4, -0.2) is 98.4 Å². The first-order valence-electron chi connectivity index (χ1n) is 10.4. The number of aliphatic imine (C=N–C) groups is 1. The van der Waals surface area contributed by atoms with Gasteiger partial charge in [-0.05, 0) is 44.3 Å². The van der Waals surface area contributed by atoms with E-state index in [-0.39, 0.29) is 28.7 Å². The van der Waals surface area contributed by atoms with Crippen molar-refractivity contribution in [2.24, 2.45) is 4.99 Å². The van der Waals surface area contributed by atoms with E-state index >= 15 is 0 Å². The number of fused-ring (bicyclic) bond motifs is 1. The van der Waals surface area contributed by atoms with Crippen LogP contribution in [0, 0.1) is 0 Å². The van der Waals surface area contributed by atoms with Crippen LogP contribution in [0.1, 0.15) is 16.8 Å². The van der Waals surface area contributed by atoms with Gasteiger partial charge < -0.3 is 20.4 Å². The topological polar surface area (TPSA) is 94.1 Å². The number of nitrogens with zero attached hydrogens (tertiary/aromatic N) is 3. The molecule has 0 saturated carbocycles. The van der Waals surface area contributed by atoms with E-state index in [4.69, 9.17) is 0 Å². The smallest absolute Gasteiger partial charge is 0.251 e. The van der Waals surface area contributed by atoms with Gasteiger partial charge in [-0.25, -0.2) is 8.42 Å². The van der Waals surface area contributed by atoms with E-state index in [1.54, 1.807) is 12.1 Å². The molecular formula is C20H29N5O3S2. The summed E-state index contributed by atoms with van der Waals surface area (Å²) in [5.41, 5.74) is 1.47. The second-order valence-corrected chi connectivity index (χ2v) is 11.6. The molecule has 1 aromatic rings. The van der Waals surface area contributed by atoms with Crippen LogP contribution in [0.2, 0.25) is 0 Å². The van der Waals surface area contributed by atoms with E-state index < -0.39 is 9.84 Å². The maximum atomic E-state index is 12.4.